The molecule has 4 N–H and O–H groups in total. The molecule has 154 valence electrons. The van der Waals surface area contributed by atoms with Crippen molar-refractivity contribution in [2.45, 2.75) is 38.5 Å². The van der Waals surface area contributed by atoms with Crippen molar-refractivity contribution in [2.24, 2.45) is 5.73 Å². The standard InChI is InChI=1S/C22H22N4O4/c23-10-14-3-1-2-4-15(14)11-24-20(28)13-5-6-17-16(9-13)12-26(22(17)30)18-7-8-19(27)25-21(18)29/h1-6,9,18H,7-8,10-12,23H2,(H,24,28)(H,25,27,29). The number of piperidine rings is 1. The van der Waals surface area contributed by atoms with Gasteiger partial charge in [-0.25, -0.2) is 0 Å². The topological polar surface area (TPSA) is 122 Å². The summed E-state index contributed by atoms with van der Waals surface area (Å²) in [5, 5.41) is 5.16. The summed E-state index contributed by atoms with van der Waals surface area (Å²) in [6, 6.07) is 11.9. The Morgan fingerprint density at radius 3 is 2.63 bits per heavy atom. The minimum atomic E-state index is -0.673. The zero-order valence-electron chi connectivity index (χ0n) is 16.3. The number of nitrogens with one attached hydrogen (secondary N) is 2. The molecule has 8 heteroatoms. The second-order valence-electron chi connectivity index (χ2n) is 7.43. The van der Waals surface area contributed by atoms with Crippen molar-refractivity contribution in [1.82, 2.24) is 15.5 Å². The van der Waals surface area contributed by atoms with E-state index in [1.807, 2.05) is 24.3 Å². The van der Waals surface area contributed by atoms with Crippen LogP contribution >= 0.6 is 0 Å². The number of hydrogen-bond donors (Lipinski definition) is 3. The SMILES string of the molecule is NCc1ccccc1CNC(=O)c1ccc2c(c1)CN(C1CCC(=O)NC1=O)C2=O. The Bertz CT molecular complexity index is 1050. The maximum atomic E-state index is 12.7. The van der Waals surface area contributed by atoms with Crippen LogP contribution in [0.5, 0.6) is 0 Å². The Hall–Kier alpha value is -3.52. The van der Waals surface area contributed by atoms with Crippen LogP contribution in [0.3, 0.4) is 0 Å². The lowest BCUT2D eigenvalue weighted by atomic mass is 10.0. The first kappa shape index (κ1) is 19.8. The Labute approximate surface area is 173 Å². The van der Waals surface area contributed by atoms with Crippen LogP contribution in [-0.2, 0) is 29.2 Å². The summed E-state index contributed by atoms with van der Waals surface area (Å²) < 4.78 is 0. The Kier molecular flexibility index (Phi) is 5.33. The van der Waals surface area contributed by atoms with Gasteiger partial charge in [0.2, 0.25) is 11.8 Å². The second-order valence-corrected chi connectivity index (χ2v) is 7.43. The molecule has 4 amide bonds. The minimum Gasteiger partial charge on any atom is -0.348 e. The van der Waals surface area contributed by atoms with Gasteiger partial charge in [-0.1, -0.05) is 24.3 Å². The molecule has 2 aliphatic rings. The van der Waals surface area contributed by atoms with Crippen LogP contribution in [0.15, 0.2) is 42.5 Å². The number of carbonyl (C=O) groups excluding carboxylic acids is 4. The fraction of sp³-hybridized carbons (Fsp3) is 0.273. The van der Waals surface area contributed by atoms with Crippen molar-refractivity contribution in [3.8, 4) is 0 Å². The minimum absolute atomic E-state index is 0.203. The van der Waals surface area contributed by atoms with E-state index in [-0.39, 0.29) is 30.7 Å². The predicted molar refractivity (Wildman–Crippen MR) is 108 cm³/mol. The molecule has 30 heavy (non-hydrogen) atoms. The number of nitrogens with two attached hydrogens (primary N) is 1. The average molecular weight is 406 g/mol. The molecule has 0 aliphatic carbocycles. The summed E-state index contributed by atoms with van der Waals surface area (Å²) in [7, 11) is 0. The van der Waals surface area contributed by atoms with Gasteiger partial charge in [0.15, 0.2) is 0 Å². The molecule has 2 aromatic carbocycles. The molecule has 0 radical (unpaired) electrons. The normalized spacial score (nSPS) is 18.2. The van der Waals surface area contributed by atoms with Crippen LogP contribution in [0.25, 0.3) is 0 Å². The number of amides is 4. The number of hydrogen-bond acceptors (Lipinski definition) is 5. The number of imide groups is 1. The zero-order valence-corrected chi connectivity index (χ0v) is 16.3. The molecular formula is C22H22N4O4. The number of nitrogens with zero attached hydrogens (tertiary/aromatic N) is 1. The van der Waals surface area contributed by atoms with Gasteiger partial charge in [0.05, 0.1) is 0 Å². The summed E-state index contributed by atoms with van der Waals surface area (Å²) in [4.78, 5) is 50.3. The predicted octanol–water partition coefficient (Wildman–Crippen LogP) is 0.836. The van der Waals surface area contributed by atoms with Gasteiger partial charge in [-0.05, 0) is 41.3 Å². The third-order valence-electron chi connectivity index (χ3n) is 5.56. The summed E-state index contributed by atoms with van der Waals surface area (Å²) in [6.45, 7) is 0.978. The number of rotatable bonds is 5. The van der Waals surface area contributed by atoms with E-state index in [0.29, 0.717) is 36.2 Å². The van der Waals surface area contributed by atoms with E-state index in [1.165, 1.54) is 4.90 Å². The molecule has 2 heterocycles. The lowest BCUT2D eigenvalue weighted by Gasteiger charge is -2.29. The van der Waals surface area contributed by atoms with Crippen LogP contribution in [0.2, 0.25) is 0 Å². The third kappa shape index (κ3) is 3.69. The highest BCUT2D eigenvalue weighted by Gasteiger charge is 2.39. The van der Waals surface area contributed by atoms with E-state index in [2.05, 4.69) is 10.6 Å². The maximum Gasteiger partial charge on any atom is 0.255 e. The summed E-state index contributed by atoms with van der Waals surface area (Å²) >= 11 is 0. The molecule has 0 saturated carbocycles. The Balaban J connectivity index is 1.46. The molecular weight excluding hydrogens is 384 g/mol. The maximum absolute atomic E-state index is 12.7. The highest BCUT2D eigenvalue weighted by Crippen LogP contribution is 2.28. The molecule has 0 bridgehead atoms. The van der Waals surface area contributed by atoms with Crippen LogP contribution < -0.4 is 16.4 Å². The Morgan fingerprint density at radius 1 is 1.13 bits per heavy atom. The van der Waals surface area contributed by atoms with Crippen molar-refractivity contribution in [3.05, 3.63) is 70.3 Å². The fourth-order valence-electron chi connectivity index (χ4n) is 3.92. The highest BCUT2D eigenvalue weighted by molar-refractivity contribution is 6.06. The molecule has 4 rings (SSSR count). The smallest absolute Gasteiger partial charge is 0.255 e. The summed E-state index contributed by atoms with van der Waals surface area (Å²) in [6.07, 6.45) is 0.507. The van der Waals surface area contributed by atoms with Crippen molar-refractivity contribution >= 4 is 23.6 Å². The summed E-state index contributed by atoms with van der Waals surface area (Å²) in [5.74, 6) is -1.29. The largest absolute Gasteiger partial charge is 0.348 e. The van der Waals surface area contributed by atoms with Crippen molar-refractivity contribution in [3.63, 3.8) is 0 Å². The Morgan fingerprint density at radius 2 is 1.90 bits per heavy atom. The molecule has 0 spiro atoms. The van der Waals surface area contributed by atoms with Gasteiger partial charge < -0.3 is 16.0 Å². The van der Waals surface area contributed by atoms with Gasteiger partial charge >= 0.3 is 0 Å². The van der Waals surface area contributed by atoms with E-state index in [1.54, 1.807) is 18.2 Å². The number of carbonyl (C=O) groups is 4. The fourth-order valence-corrected chi connectivity index (χ4v) is 3.92. The van der Waals surface area contributed by atoms with Gasteiger partial charge in [0.25, 0.3) is 11.8 Å². The molecule has 2 aromatic rings. The second kappa shape index (κ2) is 8.08. The zero-order chi connectivity index (χ0) is 21.3. The molecule has 1 fully saturated rings. The van der Waals surface area contributed by atoms with Gasteiger partial charge in [-0.2, -0.15) is 0 Å². The molecule has 2 aliphatic heterocycles. The van der Waals surface area contributed by atoms with E-state index in [4.69, 9.17) is 5.73 Å². The first-order valence-corrected chi connectivity index (χ1v) is 9.80. The van der Waals surface area contributed by atoms with Crippen LogP contribution in [0.1, 0.15) is 50.2 Å². The first-order valence-electron chi connectivity index (χ1n) is 9.80. The third-order valence-corrected chi connectivity index (χ3v) is 5.56. The van der Waals surface area contributed by atoms with Crippen LogP contribution in [0, 0.1) is 0 Å². The molecule has 1 saturated heterocycles. The molecule has 0 aromatic heterocycles. The first-order chi connectivity index (χ1) is 14.5. The quantitative estimate of drug-likeness (QED) is 0.635. The van der Waals surface area contributed by atoms with Gasteiger partial charge in [0, 0.05) is 37.2 Å². The van der Waals surface area contributed by atoms with Gasteiger partial charge in [-0.15, -0.1) is 0 Å². The van der Waals surface area contributed by atoms with E-state index in [0.717, 1.165) is 11.1 Å². The molecule has 8 nitrogen and oxygen atoms in total. The van der Waals surface area contributed by atoms with Gasteiger partial charge in [-0.3, -0.25) is 24.5 Å². The van der Waals surface area contributed by atoms with Crippen molar-refractivity contribution in [2.75, 3.05) is 0 Å². The summed E-state index contributed by atoms with van der Waals surface area (Å²) in [5.41, 5.74) is 9.27. The van der Waals surface area contributed by atoms with E-state index < -0.39 is 11.9 Å². The lowest BCUT2D eigenvalue weighted by molar-refractivity contribution is -0.136. The van der Waals surface area contributed by atoms with Crippen LogP contribution in [0.4, 0.5) is 0 Å². The van der Waals surface area contributed by atoms with Crippen molar-refractivity contribution in [1.29, 1.82) is 0 Å². The van der Waals surface area contributed by atoms with E-state index >= 15 is 0 Å². The number of benzene rings is 2. The molecule has 1 unspecified atom stereocenters. The van der Waals surface area contributed by atoms with E-state index in [9.17, 15) is 19.2 Å². The van der Waals surface area contributed by atoms with Crippen LogP contribution in [-0.4, -0.2) is 34.6 Å². The molecule has 1 atom stereocenters. The monoisotopic (exact) mass is 406 g/mol. The number of fused-ring (bicyclic) bond motifs is 1. The van der Waals surface area contributed by atoms with Crippen molar-refractivity contribution < 1.29 is 19.2 Å². The highest BCUT2D eigenvalue weighted by atomic mass is 16.2. The van der Waals surface area contributed by atoms with Gasteiger partial charge in [0.1, 0.15) is 6.04 Å². The lowest BCUT2D eigenvalue weighted by Crippen LogP contribution is -2.52. The average Bonchev–Trinajstić information content (AvgIpc) is 3.07.